The maximum absolute atomic E-state index is 10.9. The largest absolute Gasteiger partial charge is 0.479 e. The fourth-order valence-corrected chi connectivity index (χ4v) is 0.493. The van der Waals surface area contributed by atoms with Crippen LogP contribution in [-0.4, -0.2) is 48.5 Å². The molecule has 1 N–H and O–H groups in total. The standard InChI is InChI=1S/C6H11ClO3.C5H10O3/c1-6(2,9-3)5(8)10-4-7;1-5(2,8-3)4(6)7/h4H2,1-3H3;1-3H3,(H,6,7). The van der Waals surface area contributed by atoms with Crippen molar-refractivity contribution in [1.82, 2.24) is 0 Å². The van der Waals surface area contributed by atoms with Gasteiger partial charge in [0.1, 0.15) is 0 Å². The number of carbonyl (C=O) groups excluding carboxylic acids is 1. The Morgan fingerprint density at radius 1 is 1.06 bits per heavy atom. The second-order valence-corrected chi connectivity index (χ2v) is 4.49. The molecule has 0 saturated carbocycles. The number of alkyl halides is 1. The first-order chi connectivity index (χ1) is 8.05. The molecular formula is C11H21ClO6. The van der Waals surface area contributed by atoms with E-state index in [9.17, 15) is 9.59 Å². The number of esters is 1. The van der Waals surface area contributed by atoms with E-state index >= 15 is 0 Å². The maximum Gasteiger partial charge on any atom is 0.339 e. The van der Waals surface area contributed by atoms with Crippen LogP contribution in [0.1, 0.15) is 27.7 Å². The summed E-state index contributed by atoms with van der Waals surface area (Å²) >= 11 is 5.16. The van der Waals surface area contributed by atoms with Gasteiger partial charge in [0.05, 0.1) is 0 Å². The predicted molar refractivity (Wildman–Crippen MR) is 66.6 cm³/mol. The van der Waals surface area contributed by atoms with Crippen LogP contribution in [0.2, 0.25) is 0 Å². The van der Waals surface area contributed by atoms with Crippen molar-refractivity contribution < 1.29 is 28.9 Å². The minimum Gasteiger partial charge on any atom is -0.479 e. The van der Waals surface area contributed by atoms with Crippen molar-refractivity contribution >= 4 is 23.5 Å². The highest BCUT2D eigenvalue weighted by Gasteiger charge is 2.28. The van der Waals surface area contributed by atoms with Gasteiger partial charge >= 0.3 is 11.9 Å². The van der Waals surface area contributed by atoms with Crippen LogP contribution < -0.4 is 0 Å². The van der Waals surface area contributed by atoms with Gasteiger partial charge in [-0.3, -0.25) is 0 Å². The average molecular weight is 285 g/mol. The van der Waals surface area contributed by atoms with Gasteiger partial charge in [0.2, 0.25) is 0 Å². The lowest BCUT2D eigenvalue weighted by molar-refractivity contribution is -0.162. The number of carboxylic acid groups (broad SMARTS) is 1. The van der Waals surface area contributed by atoms with Crippen LogP contribution in [0.15, 0.2) is 0 Å². The van der Waals surface area contributed by atoms with E-state index in [2.05, 4.69) is 9.47 Å². The number of hydrogen-bond acceptors (Lipinski definition) is 5. The van der Waals surface area contributed by atoms with E-state index in [0.717, 1.165) is 0 Å². The Morgan fingerprint density at radius 2 is 1.44 bits per heavy atom. The molecule has 0 aromatic rings. The molecule has 0 radical (unpaired) electrons. The van der Waals surface area contributed by atoms with Crippen LogP contribution in [0, 0.1) is 0 Å². The SMILES string of the molecule is COC(C)(C)C(=O)O.COC(C)(C)C(=O)OCCl. The molecule has 0 aromatic heterocycles. The van der Waals surface area contributed by atoms with Gasteiger partial charge in [0.15, 0.2) is 17.3 Å². The second-order valence-electron chi connectivity index (χ2n) is 4.27. The fourth-order valence-electron chi connectivity index (χ4n) is 0.394. The smallest absolute Gasteiger partial charge is 0.339 e. The molecule has 0 rings (SSSR count). The third-order valence-electron chi connectivity index (χ3n) is 2.21. The summed E-state index contributed by atoms with van der Waals surface area (Å²) < 4.78 is 13.9. The van der Waals surface area contributed by atoms with Crippen LogP contribution in [0.4, 0.5) is 0 Å². The lowest BCUT2D eigenvalue weighted by Gasteiger charge is -2.19. The lowest BCUT2D eigenvalue weighted by Crippen LogP contribution is -2.35. The van der Waals surface area contributed by atoms with E-state index in [1.165, 1.54) is 28.1 Å². The molecule has 0 aliphatic carbocycles. The van der Waals surface area contributed by atoms with Gasteiger partial charge in [-0.25, -0.2) is 9.59 Å². The Bertz CT molecular complexity index is 275. The molecule has 0 saturated heterocycles. The Hall–Kier alpha value is -0.850. The molecule has 108 valence electrons. The molecule has 0 aliphatic rings. The van der Waals surface area contributed by atoms with E-state index in [-0.39, 0.29) is 6.07 Å². The first-order valence-corrected chi connectivity index (χ1v) is 5.65. The van der Waals surface area contributed by atoms with Gasteiger partial charge in [-0.2, -0.15) is 0 Å². The zero-order chi connectivity index (χ0) is 15.0. The van der Waals surface area contributed by atoms with E-state index in [1.807, 2.05) is 0 Å². The highest BCUT2D eigenvalue weighted by atomic mass is 35.5. The molecule has 0 heterocycles. The molecule has 0 amide bonds. The molecule has 18 heavy (non-hydrogen) atoms. The van der Waals surface area contributed by atoms with E-state index in [0.29, 0.717) is 0 Å². The normalized spacial score (nSPS) is 11.3. The van der Waals surface area contributed by atoms with Gasteiger partial charge in [-0.05, 0) is 27.7 Å². The zero-order valence-corrected chi connectivity index (χ0v) is 12.3. The molecule has 7 heteroatoms. The zero-order valence-electron chi connectivity index (χ0n) is 11.6. The topological polar surface area (TPSA) is 82.1 Å². The van der Waals surface area contributed by atoms with Crippen LogP contribution in [0.25, 0.3) is 0 Å². The molecule has 0 aliphatic heterocycles. The van der Waals surface area contributed by atoms with Crippen molar-refractivity contribution in [2.45, 2.75) is 38.9 Å². The summed E-state index contributed by atoms with van der Waals surface area (Å²) in [4.78, 5) is 21.0. The van der Waals surface area contributed by atoms with Crippen molar-refractivity contribution in [3.8, 4) is 0 Å². The van der Waals surface area contributed by atoms with Gasteiger partial charge < -0.3 is 19.3 Å². The van der Waals surface area contributed by atoms with Crippen molar-refractivity contribution in [3.05, 3.63) is 0 Å². The summed E-state index contributed by atoms with van der Waals surface area (Å²) in [7, 11) is 2.81. The Kier molecular flexibility index (Phi) is 8.97. The van der Waals surface area contributed by atoms with Crippen LogP contribution in [0.5, 0.6) is 0 Å². The molecule has 0 unspecified atom stereocenters. The molecule has 0 fully saturated rings. The number of rotatable bonds is 5. The molecule has 0 atom stereocenters. The Morgan fingerprint density at radius 3 is 1.61 bits per heavy atom. The van der Waals surface area contributed by atoms with Crippen molar-refractivity contribution in [2.75, 3.05) is 20.3 Å². The minimum atomic E-state index is -1.04. The van der Waals surface area contributed by atoms with Crippen LogP contribution in [-0.2, 0) is 23.8 Å². The summed E-state index contributed by atoms with van der Waals surface area (Å²) in [5, 5.41) is 8.32. The number of carboxylic acids is 1. The van der Waals surface area contributed by atoms with Crippen molar-refractivity contribution in [1.29, 1.82) is 0 Å². The summed E-state index contributed by atoms with van der Waals surface area (Å²) in [5.41, 5.74) is -1.94. The summed E-state index contributed by atoms with van der Waals surface area (Å²) in [5.74, 6) is -1.40. The lowest BCUT2D eigenvalue weighted by atomic mass is 10.1. The van der Waals surface area contributed by atoms with Gasteiger partial charge in [-0.1, -0.05) is 11.6 Å². The molecule has 0 aromatic carbocycles. The average Bonchev–Trinajstić information content (AvgIpc) is 2.30. The predicted octanol–water partition coefficient (Wildman–Crippen LogP) is 1.65. The summed E-state index contributed by atoms with van der Waals surface area (Å²) in [6.45, 7) is 6.22. The third kappa shape index (κ3) is 7.47. The van der Waals surface area contributed by atoms with Crippen LogP contribution in [0.3, 0.4) is 0 Å². The Balaban J connectivity index is 0. The number of carbonyl (C=O) groups is 2. The van der Waals surface area contributed by atoms with Crippen molar-refractivity contribution in [2.24, 2.45) is 0 Å². The first-order valence-electron chi connectivity index (χ1n) is 5.12. The number of methoxy groups -OCH3 is 2. The molecule has 6 nitrogen and oxygen atoms in total. The van der Waals surface area contributed by atoms with Crippen molar-refractivity contribution in [3.63, 3.8) is 0 Å². The number of ether oxygens (including phenoxy) is 3. The highest BCUT2D eigenvalue weighted by Crippen LogP contribution is 2.09. The molecule has 0 bridgehead atoms. The summed E-state index contributed by atoms with van der Waals surface area (Å²) in [6.07, 6.45) is 0. The van der Waals surface area contributed by atoms with E-state index in [1.54, 1.807) is 13.8 Å². The minimum absolute atomic E-state index is 0.133. The van der Waals surface area contributed by atoms with Gasteiger partial charge in [0, 0.05) is 14.2 Å². The van der Waals surface area contributed by atoms with E-state index < -0.39 is 23.1 Å². The van der Waals surface area contributed by atoms with Gasteiger partial charge in [0.25, 0.3) is 0 Å². The third-order valence-corrected chi connectivity index (χ3v) is 2.32. The fraction of sp³-hybridized carbons (Fsp3) is 0.818. The Labute approximate surface area is 112 Å². The second kappa shape index (κ2) is 8.29. The highest BCUT2D eigenvalue weighted by molar-refractivity contribution is 6.17. The summed E-state index contributed by atoms with van der Waals surface area (Å²) in [6, 6.07) is -0.133. The molecular weight excluding hydrogens is 264 g/mol. The first kappa shape index (κ1) is 19.5. The quantitative estimate of drug-likeness (QED) is 0.610. The monoisotopic (exact) mass is 284 g/mol. The number of halogens is 1. The number of hydrogen-bond donors (Lipinski definition) is 1. The maximum atomic E-state index is 10.9. The number of aliphatic carboxylic acids is 1. The molecule has 0 spiro atoms. The van der Waals surface area contributed by atoms with Crippen LogP contribution >= 0.6 is 11.6 Å². The van der Waals surface area contributed by atoms with E-state index in [4.69, 9.17) is 21.4 Å². The van der Waals surface area contributed by atoms with Gasteiger partial charge in [-0.15, -0.1) is 0 Å².